The highest BCUT2D eigenvalue weighted by molar-refractivity contribution is 5.96. The van der Waals surface area contributed by atoms with E-state index < -0.39 is 41.5 Å². The van der Waals surface area contributed by atoms with Crippen molar-refractivity contribution in [3.63, 3.8) is 0 Å². The van der Waals surface area contributed by atoms with Gasteiger partial charge >= 0.3 is 0 Å². The summed E-state index contributed by atoms with van der Waals surface area (Å²) < 4.78 is 44.7. The number of carbonyl (C=O) groups is 3. The summed E-state index contributed by atoms with van der Waals surface area (Å²) in [6, 6.07) is 6.16. The van der Waals surface area contributed by atoms with Gasteiger partial charge in [-0.3, -0.25) is 14.4 Å². The van der Waals surface area contributed by atoms with E-state index in [1.165, 1.54) is 20.1 Å². The number of amides is 2. The topological polar surface area (TPSA) is 84.5 Å². The number of hydrogen-bond acceptors (Lipinski definition) is 4. The predicted octanol–water partition coefficient (Wildman–Crippen LogP) is 2.61. The summed E-state index contributed by atoms with van der Waals surface area (Å²) in [5.41, 5.74) is 0.295. The molecule has 0 heterocycles. The first-order chi connectivity index (χ1) is 13.2. The molecule has 0 radical (unpaired) electrons. The highest BCUT2D eigenvalue weighted by atomic mass is 19.2. The summed E-state index contributed by atoms with van der Waals surface area (Å²) in [6.07, 6.45) is -0.170. The Balaban J connectivity index is 1.97. The number of nitrogens with one attached hydrogen (secondary N) is 2. The smallest absolute Gasteiger partial charge is 0.243 e. The third-order valence-corrected chi connectivity index (χ3v) is 3.79. The van der Waals surface area contributed by atoms with E-state index in [2.05, 4.69) is 5.32 Å². The molecule has 0 saturated heterocycles. The third kappa shape index (κ3) is 5.09. The molecule has 2 N–H and O–H groups in total. The Labute approximate surface area is 158 Å². The molecular formula is C19H17F3N2O4. The molecule has 28 heavy (non-hydrogen) atoms. The van der Waals surface area contributed by atoms with Crippen LogP contribution in [0, 0.1) is 17.5 Å². The van der Waals surface area contributed by atoms with Gasteiger partial charge in [-0.25, -0.2) is 13.2 Å². The van der Waals surface area contributed by atoms with Gasteiger partial charge in [0.2, 0.25) is 11.8 Å². The Kier molecular flexibility index (Phi) is 6.75. The normalized spacial score (nSPS) is 10.3. The second kappa shape index (κ2) is 9.03. The molecule has 0 aliphatic rings. The third-order valence-electron chi connectivity index (χ3n) is 3.79. The molecule has 9 heteroatoms. The van der Waals surface area contributed by atoms with Gasteiger partial charge in [-0.15, -0.1) is 0 Å². The first-order valence-electron chi connectivity index (χ1n) is 8.10. The van der Waals surface area contributed by atoms with Crippen molar-refractivity contribution in [3.05, 3.63) is 58.9 Å². The van der Waals surface area contributed by atoms with Crippen LogP contribution in [-0.4, -0.2) is 31.3 Å². The number of carbonyl (C=O) groups excluding carboxylic acids is 3. The molecule has 0 aromatic heterocycles. The van der Waals surface area contributed by atoms with Crippen LogP contribution in [0.3, 0.4) is 0 Å². The van der Waals surface area contributed by atoms with Gasteiger partial charge in [0, 0.05) is 11.1 Å². The number of ketones is 1. The van der Waals surface area contributed by atoms with Crippen molar-refractivity contribution in [1.82, 2.24) is 5.32 Å². The van der Waals surface area contributed by atoms with Gasteiger partial charge < -0.3 is 15.4 Å². The second-order valence-corrected chi connectivity index (χ2v) is 5.81. The van der Waals surface area contributed by atoms with Crippen LogP contribution in [0.5, 0.6) is 5.75 Å². The Morgan fingerprint density at radius 3 is 2.36 bits per heavy atom. The predicted molar refractivity (Wildman–Crippen MR) is 94.7 cm³/mol. The number of Topliss-reactive ketones (excluding diaryl/α,β-unsaturated/α-hetero) is 1. The van der Waals surface area contributed by atoms with E-state index in [0.717, 1.165) is 6.07 Å². The van der Waals surface area contributed by atoms with Gasteiger partial charge in [-0.05, 0) is 37.3 Å². The number of halogens is 3. The average molecular weight is 394 g/mol. The van der Waals surface area contributed by atoms with Crippen LogP contribution in [0.25, 0.3) is 0 Å². The van der Waals surface area contributed by atoms with Crippen molar-refractivity contribution < 1.29 is 32.3 Å². The SMILES string of the molecule is COc1ccc(C(C)=O)cc1CC(=O)NCC(=O)Nc1ccc(F)c(F)c1F. The summed E-state index contributed by atoms with van der Waals surface area (Å²) in [7, 11) is 1.41. The molecule has 0 unspecified atom stereocenters. The Morgan fingerprint density at radius 1 is 1.00 bits per heavy atom. The number of hydrogen-bond donors (Lipinski definition) is 2. The lowest BCUT2D eigenvalue weighted by Gasteiger charge is -2.11. The van der Waals surface area contributed by atoms with Crippen molar-refractivity contribution in [3.8, 4) is 5.75 Å². The second-order valence-electron chi connectivity index (χ2n) is 5.81. The minimum atomic E-state index is -1.71. The van der Waals surface area contributed by atoms with Crippen LogP contribution in [0.2, 0.25) is 0 Å². The maximum atomic E-state index is 13.5. The lowest BCUT2D eigenvalue weighted by molar-refractivity contribution is -0.123. The maximum Gasteiger partial charge on any atom is 0.243 e. The van der Waals surface area contributed by atoms with E-state index in [1.54, 1.807) is 12.1 Å². The van der Waals surface area contributed by atoms with Gasteiger partial charge in [0.25, 0.3) is 0 Å². The van der Waals surface area contributed by atoms with Crippen molar-refractivity contribution in [2.75, 3.05) is 19.0 Å². The van der Waals surface area contributed by atoms with Crippen molar-refractivity contribution >= 4 is 23.3 Å². The molecule has 2 aromatic carbocycles. The molecule has 0 aliphatic heterocycles. The van der Waals surface area contributed by atoms with Crippen LogP contribution in [0.1, 0.15) is 22.8 Å². The van der Waals surface area contributed by atoms with Crippen LogP contribution in [-0.2, 0) is 16.0 Å². The zero-order valence-electron chi connectivity index (χ0n) is 15.1. The van der Waals surface area contributed by atoms with Gasteiger partial charge in [-0.2, -0.15) is 0 Å². The van der Waals surface area contributed by atoms with Crippen LogP contribution in [0.4, 0.5) is 18.9 Å². The minimum absolute atomic E-state index is 0.170. The fourth-order valence-electron chi connectivity index (χ4n) is 2.37. The van der Waals surface area contributed by atoms with Crippen LogP contribution < -0.4 is 15.4 Å². The molecule has 0 spiro atoms. The van der Waals surface area contributed by atoms with Gasteiger partial charge in [0.1, 0.15) is 5.75 Å². The summed E-state index contributed by atoms with van der Waals surface area (Å²) in [6.45, 7) is 0.861. The van der Waals surface area contributed by atoms with Crippen LogP contribution in [0.15, 0.2) is 30.3 Å². The van der Waals surface area contributed by atoms with Crippen molar-refractivity contribution in [2.45, 2.75) is 13.3 Å². The van der Waals surface area contributed by atoms with Crippen molar-refractivity contribution in [2.24, 2.45) is 0 Å². The lowest BCUT2D eigenvalue weighted by atomic mass is 10.0. The molecule has 2 rings (SSSR count). The summed E-state index contributed by atoms with van der Waals surface area (Å²) in [5, 5.41) is 4.35. The van der Waals surface area contributed by atoms with E-state index in [0.29, 0.717) is 22.9 Å². The highest BCUT2D eigenvalue weighted by Gasteiger charge is 2.16. The monoisotopic (exact) mass is 394 g/mol. The van der Waals surface area contributed by atoms with E-state index in [4.69, 9.17) is 4.74 Å². The van der Waals surface area contributed by atoms with E-state index in [-0.39, 0.29) is 12.2 Å². The van der Waals surface area contributed by atoms with E-state index in [1.807, 2.05) is 5.32 Å². The molecule has 0 bridgehead atoms. The number of benzene rings is 2. The lowest BCUT2D eigenvalue weighted by Crippen LogP contribution is -2.34. The molecule has 6 nitrogen and oxygen atoms in total. The molecular weight excluding hydrogens is 377 g/mol. The Morgan fingerprint density at radius 2 is 1.71 bits per heavy atom. The maximum absolute atomic E-state index is 13.5. The average Bonchev–Trinajstić information content (AvgIpc) is 2.66. The molecule has 0 saturated carbocycles. The number of rotatable bonds is 7. The first-order valence-corrected chi connectivity index (χ1v) is 8.10. The summed E-state index contributed by atoms with van der Waals surface area (Å²) >= 11 is 0. The summed E-state index contributed by atoms with van der Waals surface area (Å²) in [4.78, 5) is 35.3. The number of methoxy groups -OCH3 is 1. The highest BCUT2D eigenvalue weighted by Crippen LogP contribution is 2.21. The zero-order valence-corrected chi connectivity index (χ0v) is 15.1. The van der Waals surface area contributed by atoms with Gasteiger partial charge in [0.15, 0.2) is 23.2 Å². The largest absolute Gasteiger partial charge is 0.496 e. The molecule has 2 amide bonds. The molecule has 148 valence electrons. The zero-order chi connectivity index (χ0) is 20.8. The van der Waals surface area contributed by atoms with E-state index >= 15 is 0 Å². The standard InChI is InChI=1S/C19H17F3N2O4/c1-10(25)11-3-6-15(28-2)12(7-11)8-16(26)23-9-17(27)24-14-5-4-13(20)18(21)19(14)22/h3-7H,8-9H2,1-2H3,(H,23,26)(H,24,27). The first kappa shape index (κ1) is 20.9. The minimum Gasteiger partial charge on any atom is -0.496 e. The van der Waals surface area contributed by atoms with E-state index in [9.17, 15) is 27.6 Å². The fraction of sp³-hybridized carbons (Fsp3) is 0.211. The quantitative estimate of drug-likeness (QED) is 0.559. The number of anilines is 1. The Bertz CT molecular complexity index is 932. The van der Waals surface area contributed by atoms with Gasteiger partial charge in [-0.1, -0.05) is 0 Å². The molecule has 0 aliphatic carbocycles. The summed E-state index contributed by atoms with van der Waals surface area (Å²) in [5.74, 6) is -5.80. The fourth-order valence-corrected chi connectivity index (χ4v) is 2.37. The number of ether oxygens (including phenoxy) is 1. The van der Waals surface area contributed by atoms with Crippen molar-refractivity contribution in [1.29, 1.82) is 0 Å². The molecule has 0 atom stereocenters. The van der Waals surface area contributed by atoms with Gasteiger partial charge in [0.05, 0.1) is 25.8 Å². The Hall–Kier alpha value is -3.36. The molecule has 2 aromatic rings. The van der Waals surface area contributed by atoms with Crippen LogP contribution >= 0.6 is 0 Å². The molecule has 0 fully saturated rings.